The van der Waals surface area contributed by atoms with E-state index in [2.05, 4.69) is 6.58 Å². The van der Waals surface area contributed by atoms with Crippen LogP contribution >= 0.6 is 0 Å². The van der Waals surface area contributed by atoms with E-state index in [1.54, 1.807) is 19.1 Å². The number of hydrogen-bond acceptors (Lipinski definition) is 0. The molecule has 0 aliphatic heterocycles. The van der Waals surface area contributed by atoms with Crippen molar-refractivity contribution < 1.29 is 4.39 Å². The predicted molar refractivity (Wildman–Crippen MR) is 38.8 cm³/mol. The van der Waals surface area contributed by atoms with Crippen molar-refractivity contribution in [1.82, 2.24) is 0 Å². The summed E-state index contributed by atoms with van der Waals surface area (Å²) < 4.78 is 12.1. The fourth-order valence-corrected chi connectivity index (χ4v) is 0.331. The molecule has 0 aromatic carbocycles. The molecule has 0 aromatic heterocycles. The Morgan fingerprint density at radius 1 is 1.56 bits per heavy atom. The van der Waals surface area contributed by atoms with Crippen LogP contribution < -0.4 is 0 Å². The first-order valence-electron chi connectivity index (χ1n) is 2.83. The minimum atomic E-state index is -0.367. The Bertz CT molecular complexity index is 152. The van der Waals surface area contributed by atoms with Gasteiger partial charge < -0.3 is 0 Å². The topological polar surface area (TPSA) is 0 Å². The van der Waals surface area contributed by atoms with E-state index in [0.29, 0.717) is 5.57 Å². The first kappa shape index (κ1) is 8.15. The summed E-state index contributed by atoms with van der Waals surface area (Å²) in [6.07, 6.45) is 5.30. The molecular formula is C8H11F. The Morgan fingerprint density at radius 2 is 2.11 bits per heavy atom. The highest BCUT2D eigenvalue weighted by Crippen LogP contribution is 2.06. The Hall–Kier alpha value is -0.850. The van der Waals surface area contributed by atoms with Crippen LogP contribution in [0.3, 0.4) is 0 Å². The van der Waals surface area contributed by atoms with Gasteiger partial charge in [0, 0.05) is 0 Å². The van der Waals surface area contributed by atoms with Crippen molar-refractivity contribution in [3.05, 3.63) is 36.2 Å². The largest absolute Gasteiger partial charge is 0.207 e. The second kappa shape index (κ2) is 4.07. The summed E-state index contributed by atoms with van der Waals surface area (Å²) in [6.45, 7) is 6.70. The van der Waals surface area contributed by atoms with Crippen molar-refractivity contribution in [3.8, 4) is 0 Å². The first-order chi connectivity index (χ1) is 4.18. The number of rotatable bonds is 2. The van der Waals surface area contributed by atoms with E-state index in [0.717, 1.165) is 0 Å². The zero-order chi connectivity index (χ0) is 7.28. The lowest BCUT2D eigenvalue weighted by Crippen LogP contribution is -1.70. The SMILES string of the molecule is C=C(F)/C(C)=C\C=C\C. The van der Waals surface area contributed by atoms with Crippen LogP contribution in [0.1, 0.15) is 13.8 Å². The van der Waals surface area contributed by atoms with Crippen LogP contribution in [0.5, 0.6) is 0 Å². The van der Waals surface area contributed by atoms with Gasteiger partial charge in [0.05, 0.1) is 0 Å². The molecule has 0 rings (SSSR count). The maximum absolute atomic E-state index is 12.1. The number of allylic oxidation sites excluding steroid dienone is 5. The van der Waals surface area contributed by atoms with Crippen LogP contribution in [0.15, 0.2) is 36.2 Å². The van der Waals surface area contributed by atoms with Gasteiger partial charge in [-0.15, -0.1) is 0 Å². The third-order valence-corrected chi connectivity index (χ3v) is 0.967. The Morgan fingerprint density at radius 3 is 2.44 bits per heavy atom. The van der Waals surface area contributed by atoms with Gasteiger partial charge in [0.1, 0.15) is 5.83 Å². The van der Waals surface area contributed by atoms with E-state index in [1.807, 2.05) is 13.0 Å². The van der Waals surface area contributed by atoms with E-state index in [4.69, 9.17) is 0 Å². The minimum absolute atomic E-state index is 0.367. The quantitative estimate of drug-likeness (QED) is 0.499. The molecule has 0 atom stereocenters. The van der Waals surface area contributed by atoms with Crippen molar-refractivity contribution in [2.75, 3.05) is 0 Å². The second-order valence-electron chi connectivity index (χ2n) is 1.78. The van der Waals surface area contributed by atoms with E-state index in [9.17, 15) is 4.39 Å². The van der Waals surface area contributed by atoms with Crippen molar-refractivity contribution in [1.29, 1.82) is 0 Å². The summed E-state index contributed by atoms with van der Waals surface area (Å²) in [4.78, 5) is 0. The van der Waals surface area contributed by atoms with Gasteiger partial charge in [0.15, 0.2) is 0 Å². The molecule has 0 unspecified atom stereocenters. The lowest BCUT2D eigenvalue weighted by atomic mass is 10.2. The van der Waals surface area contributed by atoms with Crippen LogP contribution in [0.25, 0.3) is 0 Å². The normalized spacial score (nSPS) is 12.6. The van der Waals surface area contributed by atoms with Gasteiger partial charge in [-0.3, -0.25) is 0 Å². The summed E-state index contributed by atoms with van der Waals surface area (Å²) in [5, 5.41) is 0. The molecule has 0 spiro atoms. The molecule has 0 heterocycles. The monoisotopic (exact) mass is 126 g/mol. The third-order valence-electron chi connectivity index (χ3n) is 0.967. The van der Waals surface area contributed by atoms with Crippen LogP contribution in [0, 0.1) is 0 Å². The predicted octanol–water partition coefficient (Wildman–Crippen LogP) is 2.99. The first-order valence-corrected chi connectivity index (χ1v) is 2.83. The van der Waals surface area contributed by atoms with E-state index in [-0.39, 0.29) is 5.83 Å². The molecule has 9 heavy (non-hydrogen) atoms. The number of halogens is 1. The summed E-state index contributed by atoms with van der Waals surface area (Å²) in [5.41, 5.74) is 0.577. The molecule has 0 amide bonds. The molecule has 0 nitrogen and oxygen atoms in total. The van der Waals surface area contributed by atoms with Gasteiger partial charge >= 0.3 is 0 Å². The average molecular weight is 126 g/mol. The lowest BCUT2D eigenvalue weighted by Gasteiger charge is -1.88. The molecule has 0 saturated carbocycles. The summed E-state index contributed by atoms with van der Waals surface area (Å²) >= 11 is 0. The highest BCUT2D eigenvalue weighted by Gasteiger charge is 1.88. The third kappa shape index (κ3) is 3.71. The van der Waals surface area contributed by atoms with E-state index in [1.165, 1.54) is 0 Å². The van der Waals surface area contributed by atoms with Gasteiger partial charge in [-0.05, 0) is 19.4 Å². The van der Waals surface area contributed by atoms with Crippen molar-refractivity contribution in [2.24, 2.45) is 0 Å². The van der Waals surface area contributed by atoms with Crippen molar-refractivity contribution in [2.45, 2.75) is 13.8 Å². The molecule has 1 heteroatoms. The van der Waals surface area contributed by atoms with E-state index < -0.39 is 0 Å². The standard InChI is InChI=1S/C8H11F/c1-4-5-6-7(2)8(3)9/h4-6H,3H2,1-2H3/b5-4+,7-6-. The maximum atomic E-state index is 12.1. The minimum Gasteiger partial charge on any atom is -0.207 e. The number of hydrogen-bond donors (Lipinski definition) is 0. The van der Waals surface area contributed by atoms with E-state index >= 15 is 0 Å². The van der Waals surface area contributed by atoms with Gasteiger partial charge in [0.2, 0.25) is 0 Å². The fraction of sp³-hybridized carbons (Fsp3) is 0.250. The smallest absolute Gasteiger partial charge is 0.118 e. The Labute approximate surface area is 55.4 Å². The molecule has 0 aliphatic carbocycles. The maximum Gasteiger partial charge on any atom is 0.118 e. The molecule has 0 N–H and O–H groups in total. The highest BCUT2D eigenvalue weighted by atomic mass is 19.1. The highest BCUT2D eigenvalue weighted by molar-refractivity contribution is 5.24. The van der Waals surface area contributed by atoms with Crippen molar-refractivity contribution >= 4 is 0 Å². The van der Waals surface area contributed by atoms with Crippen LogP contribution in [0.4, 0.5) is 4.39 Å². The molecule has 0 aromatic rings. The lowest BCUT2D eigenvalue weighted by molar-refractivity contribution is 0.656. The Balaban J connectivity index is 4.00. The Kier molecular flexibility index (Phi) is 3.69. The molecule has 0 bridgehead atoms. The zero-order valence-electron chi connectivity index (χ0n) is 5.82. The molecular weight excluding hydrogens is 115 g/mol. The van der Waals surface area contributed by atoms with Crippen LogP contribution in [-0.2, 0) is 0 Å². The summed E-state index contributed by atoms with van der Waals surface area (Å²) in [5.74, 6) is -0.367. The van der Waals surface area contributed by atoms with Gasteiger partial charge in [-0.25, -0.2) is 4.39 Å². The zero-order valence-corrected chi connectivity index (χ0v) is 5.82. The van der Waals surface area contributed by atoms with Gasteiger partial charge in [0.25, 0.3) is 0 Å². The van der Waals surface area contributed by atoms with Crippen LogP contribution in [0.2, 0.25) is 0 Å². The molecule has 0 aliphatic rings. The fourth-order valence-electron chi connectivity index (χ4n) is 0.331. The molecule has 0 fully saturated rings. The van der Waals surface area contributed by atoms with Crippen LogP contribution in [-0.4, -0.2) is 0 Å². The molecule has 50 valence electrons. The summed E-state index contributed by atoms with van der Waals surface area (Å²) in [7, 11) is 0. The second-order valence-corrected chi connectivity index (χ2v) is 1.78. The van der Waals surface area contributed by atoms with Gasteiger partial charge in [-0.1, -0.05) is 24.8 Å². The molecule has 0 radical (unpaired) electrons. The average Bonchev–Trinajstić information content (AvgIpc) is 1.82. The van der Waals surface area contributed by atoms with Gasteiger partial charge in [-0.2, -0.15) is 0 Å². The summed E-state index contributed by atoms with van der Waals surface area (Å²) in [6, 6.07) is 0. The van der Waals surface area contributed by atoms with Crippen molar-refractivity contribution in [3.63, 3.8) is 0 Å². The molecule has 0 saturated heterocycles.